The van der Waals surface area contributed by atoms with Crippen LogP contribution in [0, 0.1) is 5.82 Å². The van der Waals surface area contributed by atoms with Crippen LogP contribution in [0.5, 0.6) is 0 Å². The molecule has 0 aliphatic rings. The van der Waals surface area contributed by atoms with Gasteiger partial charge >= 0.3 is 6.18 Å². The number of carbonyl (C=O) groups excluding carboxylic acids is 1. The Hall–Kier alpha value is -1.89. The summed E-state index contributed by atoms with van der Waals surface area (Å²) in [6.07, 6.45) is -4.65. The van der Waals surface area contributed by atoms with Gasteiger partial charge < -0.3 is 5.73 Å². The lowest BCUT2D eigenvalue weighted by molar-refractivity contribution is -0.137. The van der Waals surface area contributed by atoms with Crippen LogP contribution in [0.25, 0.3) is 0 Å². The molecule has 0 aromatic heterocycles. The monoisotopic (exact) mass is 361 g/mol. The average Bonchev–Trinajstić information content (AvgIpc) is 2.40. The molecule has 0 atom stereocenters. The Kier molecular flexibility index (Phi) is 4.04. The van der Waals surface area contributed by atoms with Crippen molar-refractivity contribution in [3.8, 4) is 0 Å². The molecule has 0 bridgehead atoms. The van der Waals surface area contributed by atoms with Gasteiger partial charge in [0.05, 0.1) is 11.1 Å². The molecule has 110 valence electrons. The number of alkyl halides is 3. The Morgan fingerprint density at radius 1 is 1.10 bits per heavy atom. The fraction of sp³-hybridized carbons (Fsp3) is 0.0714. The third kappa shape index (κ3) is 3.24. The second-order valence-corrected chi connectivity index (χ2v) is 5.11. The first-order valence-corrected chi connectivity index (χ1v) is 6.46. The molecule has 0 aliphatic heterocycles. The van der Waals surface area contributed by atoms with Crippen LogP contribution in [-0.2, 0) is 6.18 Å². The van der Waals surface area contributed by atoms with Gasteiger partial charge in [-0.2, -0.15) is 13.2 Å². The van der Waals surface area contributed by atoms with E-state index in [4.69, 9.17) is 5.73 Å². The third-order valence-electron chi connectivity index (χ3n) is 2.80. The first-order chi connectivity index (χ1) is 9.70. The van der Waals surface area contributed by atoms with Crippen molar-refractivity contribution in [3.63, 3.8) is 0 Å². The van der Waals surface area contributed by atoms with Crippen molar-refractivity contribution < 1.29 is 22.4 Å². The molecule has 0 spiro atoms. The Bertz CT molecular complexity index is 713. The highest BCUT2D eigenvalue weighted by atomic mass is 79.9. The second kappa shape index (κ2) is 5.48. The summed E-state index contributed by atoms with van der Waals surface area (Å²) in [5.41, 5.74) is 4.23. The van der Waals surface area contributed by atoms with E-state index in [0.717, 1.165) is 0 Å². The molecule has 0 heterocycles. The third-order valence-corrected chi connectivity index (χ3v) is 3.49. The molecule has 0 aliphatic carbocycles. The van der Waals surface area contributed by atoms with Gasteiger partial charge in [-0.1, -0.05) is 0 Å². The molecule has 0 radical (unpaired) electrons. The average molecular weight is 362 g/mol. The molecule has 7 heteroatoms. The molecule has 0 saturated heterocycles. The molecule has 0 amide bonds. The van der Waals surface area contributed by atoms with E-state index in [9.17, 15) is 22.4 Å². The van der Waals surface area contributed by atoms with E-state index in [-0.39, 0.29) is 5.56 Å². The molecule has 0 fully saturated rings. The van der Waals surface area contributed by atoms with Gasteiger partial charge in [-0.05, 0) is 52.3 Å². The maximum atomic E-state index is 13.6. The van der Waals surface area contributed by atoms with E-state index in [0.29, 0.717) is 28.4 Å². The normalized spacial score (nSPS) is 11.5. The maximum absolute atomic E-state index is 13.6. The van der Waals surface area contributed by atoms with Gasteiger partial charge in [-0.15, -0.1) is 0 Å². The highest BCUT2D eigenvalue weighted by Gasteiger charge is 2.32. The molecule has 2 rings (SSSR count). The van der Waals surface area contributed by atoms with Crippen LogP contribution in [0.4, 0.5) is 23.2 Å². The van der Waals surface area contributed by atoms with Crippen LogP contribution >= 0.6 is 15.9 Å². The Labute approximate surface area is 125 Å². The van der Waals surface area contributed by atoms with Crippen LogP contribution in [0.2, 0.25) is 0 Å². The van der Waals surface area contributed by atoms with E-state index >= 15 is 0 Å². The number of hydrogen-bond donors (Lipinski definition) is 1. The van der Waals surface area contributed by atoms with Gasteiger partial charge in [0.15, 0.2) is 5.78 Å². The zero-order chi connectivity index (χ0) is 15.8. The lowest BCUT2D eigenvalue weighted by Gasteiger charge is -2.10. The van der Waals surface area contributed by atoms with E-state index in [2.05, 4.69) is 15.9 Å². The number of ketones is 1. The minimum absolute atomic E-state index is 0.0364. The van der Waals surface area contributed by atoms with Gasteiger partial charge in [-0.3, -0.25) is 4.79 Å². The van der Waals surface area contributed by atoms with Crippen LogP contribution in [0.15, 0.2) is 40.9 Å². The number of anilines is 1. The van der Waals surface area contributed by atoms with Gasteiger partial charge in [0.2, 0.25) is 0 Å². The largest absolute Gasteiger partial charge is 0.416 e. The van der Waals surface area contributed by atoms with Crippen molar-refractivity contribution in [2.45, 2.75) is 6.18 Å². The van der Waals surface area contributed by atoms with Crippen molar-refractivity contribution in [2.24, 2.45) is 0 Å². The zero-order valence-corrected chi connectivity index (χ0v) is 11.9. The van der Waals surface area contributed by atoms with Crippen molar-refractivity contribution in [2.75, 3.05) is 5.73 Å². The fourth-order valence-electron chi connectivity index (χ4n) is 1.70. The predicted octanol–water partition coefficient (Wildman–Crippen LogP) is 4.42. The second-order valence-electron chi connectivity index (χ2n) is 4.26. The lowest BCUT2D eigenvalue weighted by Crippen LogP contribution is -2.10. The molecule has 2 nitrogen and oxygen atoms in total. The SMILES string of the molecule is Nc1ccc(C(=O)c2cc(C(F)(F)F)ccc2F)cc1Br. The first-order valence-electron chi connectivity index (χ1n) is 5.66. The molecule has 2 aromatic rings. The quantitative estimate of drug-likeness (QED) is 0.488. The van der Waals surface area contributed by atoms with Gasteiger partial charge in [0.1, 0.15) is 5.82 Å². The van der Waals surface area contributed by atoms with Crippen LogP contribution in [0.1, 0.15) is 21.5 Å². The highest BCUT2D eigenvalue weighted by Crippen LogP contribution is 2.31. The summed E-state index contributed by atoms with van der Waals surface area (Å²) >= 11 is 3.10. The van der Waals surface area contributed by atoms with Crippen LogP contribution in [0.3, 0.4) is 0 Å². The number of nitrogens with two attached hydrogens (primary N) is 1. The molecule has 0 saturated carbocycles. The topological polar surface area (TPSA) is 43.1 Å². The minimum Gasteiger partial charge on any atom is -0.398 e. The smallest absolute Gasteiger partial charge is 0.398 e. The number of benzene rings is 2. The van der Waals surface area contributed by atoms with E-state index in [1.807, 2.05) is 0 Å². The van der Waals surface area contributed by atoms with E-state index in [1.54, 1.807) is 0 Å². The lowest BCUT2D eigenvalue weighted by atomic mass is 10.0. The fourth-order valence-corrected chi connectivity index (χ4v) is 2.08. The van der Waals surface area contributed by atoms with Gasteiger partial charge in [0.25, 0.3) is 0 Å². The van der Waals surface area contributed by atoms with Crippen molar-refractivity contribution >= 4 is 27.4 Å². The van der Waals surface area contributed by atoms with E-state index < -0.39 is 28.9 Å². The molecular weight excluding hydrogens is 354 g/mol. The summed E-state index contributed by atoms with van der Waals surface area (Å²) in [5.74, 6) is -1.86. The standard InChI is InChI=1S/C14H8BrF4NO/c15-10-5-7(1-4-12(10)20)13(21)9-6-8(14(17,18)19)2-3-11(9)16/h1-6H,20H2. The number of rotatable bonds is 2. The summed E-state index contributed by atoms with van der Waals surface area (Å²) < 4.78 is 51.9. The van der Waals surface area contributed by atoms with Crippen LogP contribution < -0.4 is 5.73 Å². The molecule has 21 heavy (non-hydrogen) atoms. The van der Waals surface area contributed by atoms with E-state index in [1.165, 1.54) is 18.2 Å². The summed E-state index contributed by atoms with van der Waals surface area (Å²) in [7, 11) is 0. The van der Waals surface area contributed by atoms with Crippen molar-refractivity contribution in [1.82, 2.24) is 0 Å². The number of nitrogen functional groups attached to an aromatic ring is 1. The number of halogens is 5. The summed E-state index contributed by atoms with van der Waals surface area (Å²) in [6.45, 7) is 0. The zero-order valence-electron chi connectivity index (χ0n) is 10.3. The van der Waals surface area contributed by atoms with Crippen molar-refractivity contribution in [1.29, 1.82) is 0 Å². The van der Waals surface area contributed by atoms with Gasteiger partial charge in [0, 0.05) is 15.7 Å². The van der Waals surface area contributed by atoms with Crippen molar-refractivity contribution in [3.05, 3.63) is 63.4 Å². The molecular formula is C14H8BrF4NO. The maximum Gasteiger partial charge on any atom is 0.416 e. The minimum atomic E-state index is -4.65. The molecule has 0 unspecified atom stereocenters. The number of carbonyl (C=O) groups is 1. The summed E-state index contributed by atoms with van der Waals surface area (Å²) in [5, 5.41) is 0. The summed E-state index contributed by atoms with van der Waals surface area (Å²) in [4.78, 5) is 12.1. The molecule has 2 aromatic carbocycles. The Morgan fingerprint density at radius 2 is 1.76 bits per heavy atom. The highest BCUT2D eigenvalue weighted by molar-refractivity contribution is 9.10. The predicted molar refractivity (Wildman–Crippen MR) is 73.4 cm³/mol. The van der Waals surface area contributed by atoms with Gasteiger partial charge in [-0.25, -0.2) is 4.39 Å². The first kappa shape index (κ1) is 15.5. The number of hydrogen-bond acceptors (Lipinski definition) is 2. The molecule has 2 N–H and O–H groups in total. The summed E-state index contributed by atoms with van der Waals surface area (Å²) in [6, 6.07) is 5.78. The Balaban J connectivity index is 2.50. The van der Waals surface area contributed by atoms with Crippen LogP contribution in [-0.4, -0.2) is 5.78 Å². The Morgan fingerprint density at radius 3 is 2.33 bits per heavy atom.